The number of rotatable bonds is 5. The second-order valence-electron chi connectivity index (χ2n) is 6.86. The van der Waals surface area contributed by atoms with E-state index < -0.39 is 0 Å². The predicted octanol–water partition coefficient (Wildman–Crippen LogP) is 2.73. The van der Waals surface area contributed by atoms with Crippen LogP contribution in [0.25, 0.3) is 0 Å². The van der Waals surface area contributed by atoms with E-state index in [0.29, 0.717) is 24.5 Å². The quantitative estimate of drug-likeness (QED) is 0.793. The molecule has 0 radical (unpaired) electrons. The van der Waals surface area contributed by atoms with Gasteiger partial charge in [-0.05, 0) is 43.9 Å². The van der Waals surface area contributed by atoms with Crippen molar-refractivity contribution in [3.63, 3.8) is 0 Å². The summed E-state index contributed by atoms with van der Waals surface area (Å²) in [4.78, 5) is 12.3. The van der Waals surface area contributed by atoms with E-state index in [0.717, 1.165) is 32.1 Å². The Morgan fingerprint density at radius 2 is 1.83 bits per heavy atom. The van der Waals surface area contributed by atoms with E-state index in [2.05, 4.69) is 19.2 Å². The lowest BCUT2D eigenvalue weighted by Crippen LogP contribution is -2.45. The number of hydrogen-bond donors (Lipinski definition) is 2. The van der Waals surface area contributed by atoms with Crippen molar-refractivity contribution in [2.75, 3.05) is 6.61 Å². The third-order valence-corrected chi connectivity index (χ3v) is 3.97. The number of carbonyl (C=O) groups excluding carboxylic acids is 1. The van der Waals surface area contributed by atoms with Gasteiger partial charge in [-0.1, -0.05) is 27.7 Å². The van der Waals surface area contributed by atoms with Gasteiger partial charge in [-0.15, -0.1) is 0 Å². The van der Waals surface area contributed by atoms with Gasteiger partial charge in [-0.2, -0.15) is 0 Å². The molecule has 3 nitrogen and oxygen atoms in total. The van der Waals surface area contributed by atoms with Crippen LogP contribution in [0.4, 0.5) is 0 Å². The van der Waals surface area contributed by atoms with Crippen molar-refractivity contribution < 1.29 is 9.90 Å². The fourth-order valence-corrected chi connectivity index (χ4v) is 2.98. The van der Waals surface area contributed by atoms with E-state index in [1.165, 1.54) is 0 Å². The summed E-state index contributed by atoms with van der Waals surface area (Å²) in [5.41, 5.74) is -0.276. The fraction of sp³-hybridized carbons (Fsp3) is 0.933. The predicted molar refractivity (Wildman–Crippen MR) is 74.2 cm³/mol. The molecule has 1 saturated carbocycles. The van der Waals surface area contributed by atoms with Gasteiger partial charge in [0.2, 0.25) is 5.91 Å². The van der Waals surface area contributed by atoms with Crippen LogP contribution in [0.2, 0.25) is 0 Å². The molecule has 106 valence electrons. The van der Waals surface area contributed by atoms with Crippen LogP contribution in [0, 0.1) is 17.3 Å². The molecule has 1 amide bonds. The van der Waals surface area contributed by atoms with E-state index in [4.69, 9.17) is 5.11 Å². The molecular weight excluding hydrogens is 226 g/mol. The minimum atomic E-state index is -0.276. The van der Waals surface area contributed by atoms with Gasteiger partial charge < -0.3 is 10.4 Å². The number of nitrogens with one attached hydrogen (secondary N) is 1. The Morgan fingerprint density at radius 3 is 2.28 bits per heavy atom. The second-order valence-corrected chi connectivity index (χ2v) is 6.86. The monoisotopic (exact) mass is 255 g/mol. The van der Waals surface area contributed by atoms with Gasteiger partial charge >= 0.3 is 0 Å². The van der Waals surface area contributed by atoms with Crippen molar-refractivity contribution >= 4 is 5.91 Å². The zero-order valence-corrected chi connectivity index (χ0v) is 12.3. The lowest BCUT2D eigenvalue weighted by Gasteiger charge is -2.32. The molecule has 0 heterocycles. The minimum absolute atomic E-state index is 0.184. The first kappa shape index (κ1) is 15.5. The third kappa shape index (κ3) is 4.60. The van der Waals surface area contributed by atoms with Gasteiger partial charge in [0.15, 0.2) is 0 Å². The first-order chi connectivity index (χ1) is 8.35. The summed E-state index contributed by atoms with van der Waals surface area (Å²) in [6.07, 6.45) is 5.01. The Balaban J connectivity index is 2.41. The van der Waals surface area contributed by atoms with E-state index in [1.54, 1.807) is 0 Å². The average molecular weight is 255 g/mol. The molecule has 0 aromatic carbocycles. The lowest BCUT2D eigenvalue weighted by molar-refractivity contribution is -0.131. The van der Waals surface area contributed by atoms with Crippen molar-refractivity contribution in [1.29, 1.82) is 0 Å². The highest BCUT2D eigenvalue weighted by molar-refractivity contribution is 5.82. The van der Waals surface area contributed by atoms with Crippen LogP contribution in [0.1, 0.15) is 59.8 Å². The van der Waals surface area contributed by atoms with E-state index in [1.807, 2.05) is 13.8 Å². The van der Waals surface area contributed by atoms with Crippen LogP contribution in [0.15, 0.2) is 0 Å². The minimum Gasteiger partial charge on any atom is -0.396 e. The highest BCUT2D eigenvalue weighted by Crippen LogP contribution is 2.28. The fourth-order valence-electron chi connectivity index (χ4n) is 2.98. The highest BCUT2D eigenvalue weighted by atomic mass is 16.3. The molecule has 3 heteroatoms. The Kier molecular flexibility index (Phi) is 5.64. The smallest absolute Gasteiger partial charge is 0.225 e. The molecule has 0 atom stereocenters. The molecule has 2 N–H and O–H groups in total. The summed E-state index contributed by atoms with van der Waals surface area (Å²) in [6, 6.07) is 0.312. The SMILES string of the molecule is CC(C)CC(C)(C)C(=O)NC1CCC(CO)CC1. The summed E-state index contributed by atoms with van der Waals surface area (Å²) in [5, 5.41) is 12.3. The number of aliphatic hydroxyl groups is 1. The maximum atomic E-state index is 12.3. The summed E-state index contributed by atoms with van der Waals surface area (Å²) < 4.78 is 0. The van der Waals surface area contributed by atoms with E-state index >= 15 is 0 Å². The lowest BCUT2D eigenvalue weighted by atomic mass is 9.81. The van der Waals surface area contributed by atoms with Crippen molar-refractivity contribution in [2.45, 2.75) is 65.8 Å². The maximum Gasteiger partial charge on any atom is 0.225 e. The van der Waals surface area contributed by atoms with Crippen LogP contribution in [0.3, 0.4) is 0 Å². The van der Waals surface area contributed by atoms with Gasteiger partial charge in [0.25, 0.3) is 0 Å². The van der Waals surface area contributed by atoms with Crippen LogP contribution in [0.5, 0.6) is 0 Å². The largest absolute Gasteiger partial charge is 0.396 e. The molecule has 0 aromatic rings. The number of hydrogen-bond acceptors (Lipinski definition) is 2. The zero-order chi connectivity index (χ0) is 13.8. The van der Waals surface area contributed by atoms with E-state index in [9.17, 15) is 4.79 Å². The molecule has 0 aliphatic heterocycles. The molecule has 0 bridgehead atoms. The van der Waals surface area contributed by atoms with Crippen molar-refractivity contribution in [2.24, 2.45) is 17.3 Å². The van der Waals surface area contributed by atoms with Crippen LogP contribution < -0.4 is 5.32 Å². The Morgan fingerprint density at radius 1 is 1.28 bits per heavy atom. The van der Waals surface area contributed by atoms with Gasteiger partial charge in [0.05, 0.1) is 0 Å². The molecule has 0 unspecified atom stereocenters. The first-order valence-corrected chi connectivity index (χ1v) is 7.27. The first-order valence-electron chi connectivity index (χ1n) is 7.27. The average Bonchev–Trinajstić information content (AvgIpc) is 2.28. The molecule has 1 fully saturated rings. The summed E-state index contributed by atoms with van der Waals surface area (Å²) in [7, 11) is 0. The van der Waals surface area contributed by atoms with Crippen LogP contribution in [-0.4, -0.2) is 23.7 Å². The summed E-state index contributed by atoms with van der Waals surface area (Å²) in [6.45, 7) is 8.66. The van der Waals surface area contributed by atoms with Crippen LogP contribution in [-0.2, 0) is 4.79 Å². The Labute approximate surface area is 111 Å². The molecule has 1 rings (SSSR count). The van der Waals surface area contributed by atoms with Gasteiger partial charge in [0.1, 0.15) is 0 Å². The summed E-state index contributed by atoms with van der Waals surface area (Å²) >= 11 is 0. The van der Waals surface area contributed by atoms with Gasteiger partial charge in [-0.25, -0.2) is 0 Å². The number of carbonyl (C=O) groups is 1. The molecule has 18 heavy (non-hydrogen) atoms. The highest BCUT2D eigenvalue weighted by Gasteiger charge is 2.31. The molecular formula is C15H29NO2. The Bertz CT molecular complexity index is 266. The normalized spacial score (nSPS) is 25.2. The number of amides is 1. The van der Waals surface area contributed by atoms with Crippen molar-refractivity contribution in [1.82, 2.24) is 5.32 Å². The third-order valence-electron chi connectivity index (χ3n) is 3.97. The second kappa shape index (κ2) is 6.55. The molecule has 0 saturated heterocycles. The maximum absolute atomic E-state index is 12.3. The van der Waals surface area contributed by atoms with E-state index in [-0.39, 0.29) is 11.3 Å². The standard InChI is InChI=1S/C15H29NO2/c1-11(2)9-15(3,4)14(18)16-13-7-5-12(10-17)6-8-13/h11-13,17H,5-10H2,1-4H3,(H,16,18). The molecule has 1 aliphatic rings. The van der Waals surface area contributed by atoms with Crippen molar-refractivity contribution in [3.05, 3.63) is 0 Å². The molecule has 1 aliphatic carbocycles. The molecule has 0 aromatic heterocycles. The molecule has 0 spiro atoms. The van der Waals surface area contributed by atoms with Crippen molar-refractivity contribution in [3.8, 4) is 0 Å². The topological polar surface area (TPSA) is 49.3 Å². The Hall–Kier alpha value is -0.570. The number of aliphatic hydroxyl groups excluding tert-OH is 1. The summed E-state index contributed by atoms with van der Waals surface area (Å²) in [5.74, 6) is 1.17. The van der Waals surface area contributed by atoms with Crippen LogP contribution >= 0.6 is 0 Å². The van der Waals surface area contributed by atoms with Gasteiger partial charge in [0, 0.05) is 18.1 Å². The van der Waals surface area contributed by atoms with Gasteiger partial charge in [-0.3, -0.25) is 4.79 Å². The zero-order valence-electron chi connectivity index (χ0n) is 12.3.